The zero-order chi connectivity index (χ0) is 16.1. The normalized spacial score (nSPS) is 10.3. The number of nitrogens with zero attached hydrogens (tertiary/aromatic N) is 1. The maximum Gasteiger partial charge on any atom is 0.350 e. The predicted molar refractivity (Wildman–Crippen MR) is 88.7 cm³/mol. The third kappa shape index (κ3) is 4.32. The number of esters is 1. The number of amides is 1. The lowest BCUT2D eigenvalue weighted by Gasteiger charge is -2.02. The van der Waals surface area contributed by atoms with Crippen molar-refractivity contribution in [3.8, 4) is 0 Å². The highest BCUT2D eigenvalue weighted by Gasteiger charge is 2.16. The first-order chi connectivity index (χ1) is 10.5. The zero-order valence-electron chi connectivity index (χ0n) is 12.5. The number of anilines is 1. The number of hydrogen-bond donors (Lipinski definition) is 1. The van der Waals surface area contributed by atoms with Crippen molar-refractivity contribution in [3.05, 3.63) is 40.4 Å². The largest absolute Gasteiger partial charge is 0.465 e. The van der Waals surface area contributed by atoms with Crippen LogP contribution in [0.3, 0.4) is 0 Å². The van der Waals surface area contributed by atoms with Crippen molar-refractivity contribution < 1.29 is 14.3 Å². The van der Waals surface area contributed by atoms with E-state index in [-0.39, 0.29) is 11.7 Å². The molecule has 0 saturated heterocycles. The molecule has 2 aromatic rings. The summed E-state index contributed by atoms with van der Waals surface area (Å²) in [5, 5.41) is 3.11. The van der Waals surface area contributed by atoms with Crippen LogP contribution in [0.15, 0.2) is 29.2 Å². The summed E-state index contributed by atoms with van der Waals surface area (Å²) in [5.74, 6) is -0.310. The van der Waals surface area contributed by atoms with Gasteiger partial charge >= 0.3 is 5.97 Å². The molecular formula is C15H16N2O3S2. The van der Waals surface area contributed by atoms with E-state index < -0.39 is 5.97 Å². The molecule has 1 N–H and O–H groups in total. The molecule has 1 amide bonds. The fourth-order valence-corrected chi connectivity index (χ4v) is 3.27. The number of hydrogen-bond acceptors (Lipinski definition) is 6. The zero-order valence-corrected chi connectivity index (χ0v) is 14.1. The van der Waals surface area contributed by atoms with Crippen molar-refractivity contribution in [2.45, 2.75) is 18.7 Å². The number of rotatable bonds is 5. The number of thiazole rings is 1. The van der Waals surface area contributed by atoms with Crippen molar-refractivity contribution in [1.82, 2.24) is 4.98 Å². The summed E-state index contributed by atoms with van der Waals surface area (Å²) in [7, 11) is 1.32. The van der Waals surface area contributed by atoms with Gasteiger partial charge in [0.15, 0.2) is 5.13 Å². The molecule has 5 nitrogen and oxygen atoms in total. The number of carbonyl (C=O) groups excluding carboxylic acids is 2. The average molecular weight is 336 g/mol. The minimum absolute atomic E-state index is 0.157. The highest BCUT2D eigenvalue weighted by Crippen LogP contribution is 2.24. The van der Waals surface area contributed by atoms with E-state index >= 15 is 0 Å². The molecule has 0 bridgehead atoms. The van der Waals surface area contributed by atoms with Gasteiger partial charge in [-0.05, 0) is 26.0 Å². The predicted octanol–water partition coefficient (Wildman–Crippen LogP) is 3.28. The Morgan fingerprint density at radius 1 is 1.27 bits per heavy atom. The molecule has 0 aliphatic carbocycles. The molecule has 7 heteroatoms. The maximum atomic E-state index is 11.9. The van der Waals surface area contributed by atoms with Gasteiger partial charge in [-0.2, -0.15) is 0 Å². The molecular weight excluding hydrogens is 320 g/mol. The molecule has 0 unspecified atom stereocenters. The quantitative estimate of drug-likeness (QED) is 0.670. The van der Waals surface area contributed by atoms with Crippen LogP contribution in [0.2, 0.25) is 0 Å². The molecule has 0 aliphatic heterocycles. The second kappa shape index (κ2) is 7.42. The number of nitrogens with one attached hydrogen (secondary N) is 1. The lowest BCUT2D eigenvalue weighted by molar-refractivity contribution is -0.113. The Hall–Kier alpha value is -1.86. The van der Waals surface area contributed by atoms with Crippen LogP contribution in [0, 0.1) is 13.8 Å². The number of ether oxygens (including phenoxy) is 1. The first-order valence-electron chi connectivity index (χ1n) is 6.54. The van der Waals surface area contributed by atoms with E-state index in [2.05, 4.69) is 15.0 Å². The number of thioether (sulfide) groups is 1. The number of aromatic nitrogens is 1. The van der Waals surface area contributed by atoms with Crippen molar-refractivity contribution in [2.75, 3.05) is 18.2 Å². The fraction of sp³-hybridized carbons (Fsp3) is 0.267. The number of benzene rings is 1. The van der Waals surface area contributed by atoms with Crippen LogP contribution in [0.1, 0.15) is 20.9 Å². The Bertz CT molecular complexity index is 681. The summed E-state index contributed by atoms with van der Waals surface area (Å²) < 4.78 is 4.67. The minimum Gasteiger partial charge on any atom is -0.465 e. The Balaban J connectivity index is 1.92. The second-order valence-electron chi connectivity index (χ2n) is 4.58. The minimum atomic E-state index is -0.440. The smallest absolute Gasteiger partial charge is 0.350 e. The number of aryl methyl sites for hydroxylation is 2. The maximum absolute atomic E-state index is 11.9. The van der Waals surface area contributed by atoms with Gasteiger partial charge in [0.05, 0.1) is 18.6 Å². The molecule has 2 rings (SSSR count). The van der Waals surface area contributed by atoms with E-state index in [1.54, 1.807) is 6.92 Å². The van der Waals surface area contributed by atoms with Gasteiger partial charge in [-0.25, -0.2) is 9.78 Å². The summed E-state index contributed by atoms with van der Waals surface area (Å²) >= 11 is 2.57. The molecule has 0 fully saturated rings. The molecule has 1 aromatic heterocycles. The first kappa shape index (κ1) is 16.5. The van der Waals surface area contributed by atoms with Gasteiger partial charge in [-0.3, -0.25) is 4.79 Å². The molecule has 22 heavy (non-hydrogen) atoms. The summed E-state index contributed by atoms with van der Waals surface area (Å²) in [6, 6.07) is 7.98. The van der Waals surface area contributed by atoms with Crippen molar-refractivity contribution in [3.63, 3.8) is 0 Å². The molecule has 0 radical (unpaired) electrons. The van der Waals surface area contributed by atoms with Gasteiger partial charge in [0.2, 0.25) is 5.91 Å². The van der Waals surface area contributed by atoms with E-state index in [4.69, 9.17) is 0 Å². The van der Waals surface area contributed by atoms with Crippen molar-refractivity contribution in [1.29, 1.82) is 0 Å². The van der Waals surface area contributed by atoms with Gasteiger partial charge in [0, 0.05) is 4.90 Å². The molecule has 0 aliphatic rings. The van der Waals surface area contributed by atoms with Crippen LogP contribution in [0.25, 0.3) is 0 Å². The Morgan fingerprint density at radius 2 is 1.95 bits per heavy atom. The Morgan fingerprint density at radius 3 is 2.59 bits per heavy atom. The average Bonchev–Trinajstić information content (AvgIpc) is 2.86. The standard InChI is InChI=1S/C15H16N2O3S2/c1-9-4-6-11(7-5-9)21-8-12(18)17-15-16-10(2)13(22-15)14(19)20-3/h4-7H,8H2,1-3H3,(H,16,17,18). The van der Waals surface area contributed by atoms with Gasteiger partial charge < -0.3 is 10.1 Å². The van der Waals surface area contributed by atoms with Crippen LogP contribution in [0.4, 0.5) is 5.13 Å². The van der Waals surface area contributed by atoms with Crippen molar-refractivity contribution in [2.24, 2.45) is 0 Å². The molecule has 0 atom stereocenters. The SMILES string of the molecule is COC(=O)c1sc(NC(=O)CSc2ccc(C)cc2)nc1C. The monoisotopic (exact) mass is 336 g/mol. The van der Waals surface area contributed by atoms with E-state index in [0.717, 1.165) is 16.2 Å². The van der Waals surface area contributed by atoms with E-state index in [1.807, 2.05) is 31.2 Å². The summed E-state index contributed by atoms with van der Waals surface area (Å²) in [6.45, 7) is 3.73. The Labute approximate surface area is 137 Å². The molecule has 1 heterocycles. The summed E-state index contributed by atoms with van der Waals surface area (Å²) in [5.41, 5.74) is 1.74. The van der Waals surface area contributed by atoms with Crippen LogP contribution in [0.5, 0.6) is 0 Å². The highest BCUT2D eigenvalue weighted by atomic mass is 32.2. The first-order valence-corrected chi connectivity index (χ1v) is 8.35. The molecule has 0 saturated carbocycles. The van der Waals surface area contributed by atoms with Crippen LogP contribution >= 0.6 is 23.1 Å². The molecule has 0 spiro atoms. The van der Waals surface area contributed by atoms with Crippen LogP contribution in [-0.4, -0.2) is 29.7 Å². The van der Waals surface area contributed by atoms with E-state index in [9.17, 15) is 9.59 Å². The van der Waals surface area contributed by atoms with Crippen LogP contribution in [-0.2, 0) is 9.53 Å². The van der Waals surface area contributed by atoms with E-state index in [1.165, 1.54) is 24.4 Å². The second-order valence-corrected chi connectivity index (χ2v) is 6.62. The van der Waals surface area contributed by atoms with Crippen LogP contribution < -0.4 is 5.32 Å². The number of carbonyl (C=O) groups is 2. The van der Waals surface area contributed by atoms with Gasteiger partial charge in [0.25, 0.3) is 0 Å². The molecule has 116 valence electrons. The third-order valence-electron chi connectivity index (χ3n) is 2.80. The van der Waals surface area contributed by atoms with Gasteiger partial charge in [0.1, 0.15) is 4.88 Å². The molecule has 1 aromatic carbocycles. The third-order valence-corrected chi connectivity index (χ3v) is 4.87. The van der Waals surface area contributed by atoms with Gasteiger partial charge in [-0.15, -0.1) is 11.8 Å². The fourth-order valence-electron chi connectivity index (χ4n) is 1.67. The summed E-state index contributed by atoms with van der Waals surface area (Å²) in [4.78, 5) is 29.0. The Kier molecular flexibility index (Phi) is 5.57. The van der Waals surface area contributed by atoms with Crippen molar-refractivity contribution >= 4 is 40.1 Å². The van der Waals surface area contributed by atoms with Gasteiger partial charge in [-0.1, -0.05) is 29.0 Å². The topological polar surface area (TPSA) is 68.3 Å². The lowest BCUT2D eigenvalue weighted by atomic mass is 10.2. The highest BCUT2D eigenvalue weighted by molar-refractivity contribution is 8.00. The number of methoxy groups -OCH3 is 1. The lowest BCUT2D eigenvalue weighted by Crippen LogP contribution is -2.13. The van der Waals surface area contributed by atoms with E-state index in [0.29, 0.717) is 15.7 Å². The summed E-state index contributed by atoms with van der Waals surface area (Å²) in [6.07, 6.45) is 0.